The molecule has 1 saturated heterocycles. The molecule has 6 nitrogen and oxygen atoms in total. The van der Waals surface area contributed by atoms with Crippen molar-refractivity contribution >= 4 is 44.9 Å². The van der Waals surface area contributed by atoms with Crippen LogP contribution in [0.25, 0.3) is 15.9 Å². The summed E-state index contributed by atoms with van der Waals surface area (Å²) < 4.78 is 2.18. The van der Waals surface area contributed by atoms with E-state index in [0.717, 1.165) is 59.6 Å². The fourth-order valence-corrected chi connectivity index (χ4v) is 7.44. The second kappa shape index (κ2) is 7.73. The van der Waals surface area contributed by atoms with Gasteiger partial charge in [-0.05, 0) is 69.8 Å². The summed E-state index contributed by atoms with van der Waals surface area (Å²) in [5, 5.41) is 11.3. The summed E-state index contributed by atoms with van der Waals surface area (Å²) in [5.74, 6) is 2.98. The van der Waals surface area contributed by atoms with Crippen LogP contribution in [-0.2, 0) is 17.6 Å². The van der Waals surface area contributed by atoms with E-state index in [1.165, 1.54) is 53.3 Å². The number of aromatic nitrogens is 4. The van der Waals surface area contributed by atoms with Gasteiger partial charge in [0.15, 0.2) is 10.8 Å². The van der Waals surface area contributed by atoms with Crippen molar-refractivity contribution in [2.24, 2.45) is 5.92 Å². The predicted octanol–water partition coefficient (Wildman–Crippen LogP) is 4.83. The van der Waals surface area contributed by atoms with Gasteiger partial charge in [-0.1, -0.05) is 18.7 Å². The molecule has 2 fully saturated rings. The normalized spacial score (nSPS) is 24.1. The van der Waals surface area contributed by atoms with Crippen LogP contribution < -0.4 is 0 Å². The summed E-state index contributed by atoms with van der Waals surface area (Å²) in [5.41, 5.74) is 2.40. The molecule has 2 unspecified atom stereocenters. The standard InChI is InChI=1S/C23H29N5OS2/c1-13-6-9-16-17(11-13)31-22-19(16)21-25-26-23(28(21)20(24-22)15-7-8-15)30-12-18(29)27-10-4-3-5-14(27)2/h13-15H,3-12H2,1-2H3. The van der Waals surface area contributed by atoms with E-state index >= 15 is 0 Å². The number of hydrogen-bond acceptors (Lipinski definition) is 6. The molecule has 3 aromatic rings. The number of hydrogen-bond donors (Lipinski definition) is 0. The first-order valence-corrected chi connectivity index (χ1v) is 13.5. The SMILES string of the molecule is CC1CCc2c(sc3nc(C4CC4)n4c(SCC(=O)N5CCCCC5C)nnc4c23)C1. The highest BCUT2D eigenvalue weighted by molar-refractivity contribution is 7.99. The number of thioether (sulfide) groups is 1. The Morgan fingerprint density at radius 1 is 1.16 bits per heavy atom. The minimum absolute atomic E-state index is 0.220. The molecule has 2 atom stereocenters. The highest BCUT2D eigenvalue weighted by atomic mass is 32.2. The van der Waals surface area contributed by atoms with Crippen molar-refractivity contribution in [1.29, 1.82) is 0 Å². The second-order valence-corrected chi connectivity index (χ2v) is 11.7. The molecular weight excluding hydrogens is 426 g/mol. The molecule has 31 heavy (non-hydrogen) atoms. The van der Waals surface area contributed by atoms with Crippen LogP contribution in [-0.4, -0.2) is 48.7 Å². The molecule has 3 aliphatic rings. The minimum atomic E-state index is 0.220. The lowest BCUT2D eigenvalue weighted by Crippen LogP contribution is -2.42. The number of nitrogens with zero attached hydrogens (tertiary/aromatic N) is 5. The Bertz CT molecular complexity index is 1160. The van der Waals surface area contributed by atoms with Crippen LogP contribution in [0.15, 0.2) is 5.16 Å². The molecule has 3 aromatic heterocycles. The molecule has 164 valence electrons. The number of likely N-dealkylation sites (tertiary alicyclic amines) is 1. The maximum Gasteiger partial charge on any atom is 0.233 e. The van der Waals surface area contributed by atoms with Crippen molar-refractivity contribution in [3.05, 3.63) is 16.3 Å². The van der Waals surface area contributed by atoms with E-state index in [4.69, 9.17) is 4.98 Å². The third-order valence-electron chi connectivity index (χ3n) is 7.19. The molecule has 1 aliphatic heterocycles. The highest BCUT2D eigenvalue weighted by Gasteiger charge is 2.33. The monoisotopic (exact) mass is 455 g/mol. The zero-order valence-corrected chi connectivity index (χ0v) is 19.9. The topological polar surface area (TPSA) is 63.4 Å². The Morgan fingerprint density at radius 3 is 2.84 bits per heavy atom. The summed E-state index contributed by atoms with van der Waals surface area (Å²) in [6, 6.07) is 0.347. The largest absolute Gasteiger partial charge is 0.339 e. The maximum absolute atomic E-state index is 12.9. The molecule has 6 rings (SSSR count). The van der Waals surface area contributed by atoms with E-state index < -0.39 is 0 Å². The van der Waals surface area contributed by atoms with Crippen LogP contribution in [0.3, 0.4) is 0 Å². The molecule has 0 spiro atoms. The Morgan fingerprint density at radius 2 is 2.03 bits per heavy atom. The van der Waals surface area contributed by atoms with Gasteiger partial charge < -0.3 is 4.90 Å². The number of thiophene rings is 1. The smallest absolute Gasteiger partial charge is 0.233 e. The number of piperidine rings is 1. The molecule has 1 amide bonds. The van der Waals surface area contributed by atoms with Crippen LogP contribution in [0, 0.1) is 5.92 Å². The van der Waals surface area contributed by atoms with E-state index in [1.807, 2.05) is 11.3 Å². The molecule has 8 heteroatoms. The van der Waals surface area contributed by atoms with Gasteiger partial charge in [0.2, 0.25) is 5.91 Å². The van der Waals surface area contributed by atoms with Gasteiger partial charge in [-0.25, -0.2) is 4.98 Å². The fraction of sp³-hybridized carbons (Fsp3) is 0.652. The Balaban J connectivity index is 1.37. The third kappa shape index (κ3) is 3.46. The number of fused-ring (bicyclic) bond motifs is 5. The van der Waals surface area contributed by atoms with Gasteiger partial charge in [-0.15, -0.1) is 21.5 Å². The summed E-state index contributed by atoms with van der Waals surface area (Å²) in [7, 11) is 0. The molecule has 1 saturated carbocycles. The van der Waals surface area contributed by atoms with Crippen LogP contribution >= 0.6 is 23.1 Å². The van der Waals surface area contributed by atoms with Gasteiger partial charge in [-0.2, -0.15) is 0 Å². The van der Waals surface area contributed by atoms with Crippen LogP contribution in [0.4, 0.5) is 0 Å². The lowest BCUT2D eigenvalue weighted by molar-refractivity contribution is -0.131. The zero-order valence-electron chi connectivity index (χ0n) is 18.3. The molecule has 0 N–H and O–H groups in total. The van der Waals surface area contributed by atoms with Crippen molar-refractivity contribution in [3.63, 3.8) is 0 Å². The zero-order chi connectivity index (χ0) is 21.1. The number of carbonyl (C=O) groups excluding carboxylic acids is 1. The van der Waals surface area contributed by atoms with Crippen molar-refractivity contribution in [1.82, 2.24) is 24.5 Å². The Kier molecular flexibility index (Phi) is 4.98. The van der Waals surface area contributed by atoms with E-state index in [-0.39, 0.29) is 5.91 Å². The van der Waals surface area contributed by atoms with Gasteiger partial charge in [0.05, 0.1) is 11.1 Å². The Labute approximate surface area is 190 Å². The van der Waals surface area contributed by atoms with Crippen LogP contribution in [0.1, 0.15) is 74.6 Å². The van der Waals surface area contributed by atoms with Crippen molar-refractivity contribution in [3.8, 4) is 0 Å². The van der Waals surface area contributed by atoms with Gasteiger partial charge in [0.25, 0.3) is 0 Å². The summed E-state index contributed by atoms with van der Waals surface area (Å²) in [4.78, 5) is 22.7. The average molecular weight is 456 g/mol. The first kappa shape index (κ1) is 20.0. The molecule has 4 heterocycles. The lowest BCUT2D eigenvalue weighted by atomic mass is 9.89. The van der Waals surface area contributed by atoms with Gasteiger partial charge >= 0.3 is 0 Å². The van der Waals surface area contributed by atoms with Crippen molar-refractivity contribution < 1.29 is 4.79 Å². The second-order valence-electron chi connectivity index (χ2n) is 9.64. The number of rotatable bonds is 4. The van der Waals surface area contributed by atoms with Crippen LogP contribution in [0.5, 0.6) is 0 Å². The highest BCUT2D eigenvalue weighted by Crippen LogP contribution is 2.44. The van der Waals surface area contributed by atoms with E-state index in [2.05, 4.69) is 33.3 Å². The third-order valence-corrected chi connectivity index (χ3v) is 9.25. The number of amides is 1. The number of aryl methyl sites for hydroxylation is 1. The molecule has 0 aromatic carbocycles. The lowest BCUT2D eigenvalue weighted by Gasteiger charge is -2.33. The molecule has 2 aliphatic carbocycles. The van der Waals surface area contributed by atoms with E-state index in [9.17, 15) is 4.79 Å². The maximum atomic E-state index is 12.9. The number of carbonyl (C=O) groups is 1. The summed E-state index contributed by atoms with van der Waals surface area (Å²) >= 11 is 3.39. The van der Waals surface area contributed by atoms with Gasteiger partial charge in [0.1, 0.15) is 10.7 Å². The predicted molar refractivity (Wildman–Crippen MR) is 125 cm³/mol. The van der Waals surface area contributed by atoms with Gasteiger partial charge in [-0.3, -0.25) is 9.20 Å². The molecule has 0 bridgehead atoms. The van der Waals surface area contributed by atoms with Crippen molar-refractivity contribution in [2.45, 2.75) is 82.3 Å². The minimum Gasteiger partial charge on any atom is -0.339 e. The van der Waals surface area contributed by atoms with Gasteiger partial charge in [0, 0.05) is 23.4 Å². The fourth-order valence-electron chi connectivity index (χ4n) is 5.22. The molecule has 0 radical (unpaired) electrons. The van der Waals surface area contributed by atoms with Crippen molar-refractivity contribution in [2.75, 3.05) is 12.3 Å². The first-order valence-electron chi connectivity index (χ1n) is 11.7. The average Bonchev–Trinajstić information content (AvgIpc) is 3.42. The van der Waals surface area contributed by atoms with Crippen LogP contribution in [0.2, 0.25) is 0 Å². The Hall–Kier alpha value is -1.67. The van der Waals surface area contributed by atoms with E-state index in [0.29, 0.717) is 17.7 Å². The quantitative estimate of drug-likeness (QED) is 0.527. The summed E-state index contributed by atoms with van der Waals surface area (Å²) in [6.07, 6.45) is 9.31. The first-order chi connectivity index (χ1) is 15.1. The molecular formula is C23H29N5OS2. The van der Waals surface area contributed by atoms with E-state index in [1.54, 1.807) is 0 Å². The summed E-state index contributed by atoms with van der Waals surface area (Å²) in [6.45, 7) is 5.40.